The number of carboxylic acid groups (broad SMARTS) is 1. The quantitative estimate of drug-likeness (QED) is 0.591. The van der Waals surface area contributed by atoms with Crippen molar-refractivity contribution in [2.75, 3.05) is 0 Å². The Kier molecular flexibility index (Phi) is 0.990. The van der Waals surface area contributed by atoms with Crippen LogP contribution in [0.5, 0.6) is 0 Å². The molecule has 0 aliphatic rings. The summed E-state index contributed by atoms with van der Waals surface area (Å²) in [7, 11) is 0. The summed E-state index contributed by atoms with van der Waals surface area (Å²) in [4.78, 5) is 10.8. The minimum absolute atomic E-state index is 0.469. The lowest BCUT2D eigenvalue weighted by Gasteiger charge is -2.11. The van der Waals surface area contributed by atoms with E-state index < -0.39 is 30.0 Å². The van der Waals surface area contributed by atoms with Gasteiger partial charge in [0.25, 0.3) is 0 Å². The van der Waals surface area contributed by atoms with Gasteiger partial charge in [-0.1, -0.05) is 20.2 Å². The molecule has 0 aromatic carbocycles. The fourth-order valence-electron chi connectivity index (χ4n) is 0.279. The summed E-state index contributed by atoms with van der Waals surface area (Å²) in [6, 6.07) is -2.99. The molecule has 0 aliphatic heterocycles. The molecule has 0 aromatic rings. The van der Waals surface area contributed by atoms with Gasteiger partial charge in [0.05, 0.1) is 1.37 Å². The molecule has 9 heavy (non-hydrogen) atoms. The molecule has 0 rings (SSSR count). The van der Waals surface area contributed by atoms with Crippen LogP contribution in [0.1, 0.15) is 25.7 Å². The Bertz CT molecular complexity index is 263. The maximum atomic E-state index is 10.8. The van der Waals surface area contributed by atoms with Crippen LogP contribution in [0.2, 0.25) is 2.82 Å². The van der Waals surface area contributed by atoms with Crippen molar-refractivity contribution in [1.29, 1.82) is 0 Å². The molecule has 2 atom stereocenters. The Labute approximate surface area is 63.4 Å². The zero-order valence-electron chi connectivity index (χ0n) is 11.3. The predicted octanol–water partition coefficient (Wildman–Crippen LogP) is 0.444. The number of carbonyl (C=O) groups is 1. The molecule has 0 fully saturated rings. The van der Waals surface area contributed by atoms with Crippen LogP contribution in [0.4, 0.5) is 0 Å². The van der Waals surface area contributed by atoms with E-state index in [4.69, 9.17) is 13.4 Å². The van der Waals surface area contributed by atoms with Crippen LogP contribution < -0.4 is 5.72 Å². The number of nitrogens with two attached hydrogens (primary N) is 1. The van der Waals surface area contributed by atoms with E-state index in [2.05, 4.69) is 0 Å². The van der Waals surface area contributed by atoms with E-state index in [-0.39, 0.29) is 0 Å². The highest BCUT2D eigenvalue weighted by Crippen LogP contribution is 2.04. The van der Waals surface area contributed by atoms with Crippen LogP contribution in [0.15, 0.2) is 0 Å². The third-order valence-corrected chi connectivity index (χ3v) is 0.933. The molecule has 0 unspecified atom stereocenters. The first-order chi connectivity index (χ1) is 6.39. The highest BCUT2D eigenvalue weighted by atomic mass is 16.4. The van der Waals surface area contributed by atoms with Gasteiger partial charge in [0.1, 0.15) is 8.84 Å². The minimum Gasteiger partial charge on any atom is -0.480 e. The summed E-state index contributed by atoms with van der Waals surface area (Å²) in [5.74, 6) is -4.37. The van der Waals surface area contributed by atoms with E-state index in [1.54, 1.807) is 0 Å². The van der Waals surface area contributed by atoms with Gasteiger partial charge in [-0.05, 0) is 5.89 Å². The van der Waals surface area contributed by atoms with Crippen molar-refractivity contribution < 1.29 is 18.2 Å². The van der Waals surface area contributed by atoms with Crippen LogP contribution in [0, 0.1) is 5.89 Å². The molecule has 0 saturated carbocycles. The first kappa shape index (κ1) is 2.58. The molecule has 0 saturated heterocycles. The summed E-state index contributed by atoms with van der Waals surface area (Å²) in [5.41, 5.74) is -0.469. The maximum Gasteiger partial charge on any atom is 0.320 e. The number of hydrogen-bond donors (Lipinski definition) is 2. The molecular weight excluding hydrogens is 118 g/mol. The highest BCUT2D eigenvalue weighted by molar-refractivity contribution is 5.73. The summed E-state index contributed by atoms with van der Waals surface area (Å²) >= 11 is 0. The molecule has 0 radical (unpaired) electrons. The monoisotopic (exact) mass is 137 g/mol. The standard InChI is InChI=1S/C6H13NO2/c1-3-4(2)5(7)6(8)9/h4-5H,3,7H2,1-2H3,(H,8,9)/t4-,5-/m0/s1/i3D2,4D,5D/hD2. The lowest BCUT2D eigenvalue weighted by molar-refractivity contribution is -0.139. The first-order valence-corrected chi connectivity index (χ1v) is 2.40. The molecule has 0 bridgehead atoms. The topological polar surface area (TPSA) is 63.3 Å². The van der Waals surface area contributed by atoms with E-state index in [0.29, 0.717) is 0 Å². The number of hydrogen-bond acceptors (Lipinski definition) is 2. The smallest absolute Gasteiger partial charge is 0.320 e. The lowest BCUT2D eigenvalue weighted by Crippen LogP contribution is -2.36. The van der Waals surface area contributed by atoms with Crippen molar-refractivity contribution in [3.05, 3.63) is 0 Å². The summed E-state index contributed by atoms with van der Waals surface area (Å²) in [5, 5.41) is 8.75. The second-order valence-electron chi connectivity index (χ2n) is 1.53. The van der Waals surface area contributed by atoms with Crippen LogP contribution in [-0.2, 0) is 4.79 Å². The minimum atomic E-state index is -2.99. The summed E-state index contributed by atoms with van der Waals surface area (Å²) in [6.45, 7) is 1.82. The lowest BCUT2D eigenvalue weighted by atomic mass is 10.0. The molecule has 0 amide bonds. The maximum absolute atomic E-state index is 10.8. The zero-order chi connectivity index (χ0) is 12.7. The van der Waals surface area contributed by atoms with Gasteiger partial charge < -0.3 is 10.8 Å². The molecular formula is C6H13NO2. The van der Waals surface area contributed by atoms with Gasteiger partial charge in [-0.15, -0.1) is 0 Å². The van der Waals surface area contributed by atoms with E-state index in [1.807, 2.05) is 0 Å². The van der Waals surface area contributed by atoms with E-state index in [1.165, 1.54) is 0 Å². The van der Waals surface area contributed by atoms with Gasteiger partial charge in [-0.25, -0.2) is 0 Å². The Balaban J connectivity index is 5.57. The van der Waals surface area contributed by atoms with Crippen LogP contribution >= 0.6 is 0 Å². The van der Waals surface area contributed by atoms with Crippen LogP contribution in [-0.4, -0.2) is 17.1 Å². The second kappa shape index (κ2) is 3.45. The van der Waals surface area contributed by atoms with Gasteiger partial charge in [0, 0.05) is 4.11 Å². The number of rotatable bonds is 4. The average Bonchev–Trinajstić information content (AvgIpc) is 1.99. The largest absolute Gasteiger partial charge is 0.480 e. The molecule has 3 N–H and O–H groups in total. The Morgan fingerprint density at radius 3 is 2.89 bits per heavy atom. The third-order valence-electron chi connectivity index (χ3n) is 0.933. The van der Waals surface area contributed by atoms with Crippen LogP contribution in [0.3, 0.4) is 0 Å². The molecule has 54 valence electrons. The summed E-state index contributed by atoms with van der Waals surface area (Å²) in [6.07, 6.45) is -2.34. The van der Waals surface area contributed by atoms with Crippen molar-refractivity contribution in [2.45, 2.75) is 26.2 Å². The Morgan fingerprint density at radius 1 is 2.22 bits per heavy atom. The van der Waals surface area contributed by atoms with Gasteiger partial charge in [0.15, 0.2) is 0 Å². The second-order valence-corrected chi connectivity index (χ2v) is 1.53. The fraction of sp³-hybridized carbons (Fsp3) is 0.833. The number of aliphatic carboxylic acids is 1. The average molecular weight is 137 g/mol. The Hall–Kier alpha value is -0.570. The van der Waals surface area contributed by atoms with E-state index in [0.717, 1.165) is 13.8 Å². The van der Waals surface area contributed by atoms with Crippen molar-refractivity contribution in [1.82, 2.24) is 0 Å². The van der Waals surface area contributed by atoms with Crippen LogP contribution in [0.25, 0.3) is 0 Å². The van der Waals surface area contributed by atoms with Crippen molar-refractivity contribution in [2.24, 2.45) is 11.6 Å². The zero-order valence-corrected chi connectivity index (χ0v) is 5.30. The summed E-state index contributed by atoms with van der Waals surface area (Å²) < 4.78 is 43.2. The van der Waals surface area contributed by atoms with Gasteiger partial charge in [-0.2, -0.15) is 0 Å². The van der Waals surface area contributed by atoms with Crippen molar-refractivity contribution in [3.8, 4) is 0 Å². The molecule has 0 aliphatic carbocycles. The Morgan fingerprint density at radius 2 is 2.78 bits per heavy atom. The predicted molar refractivity (Wildman–Crippen MR) is 35.1 cm³/mol. The molecule has 0 aromatic heterocycles. The SMILES string of the molecule is [2H]N([2H])[C@]([2H])(C(=O)O)[C@@]([2H])(C)C([2H])([2H])C. The third kappa shape index (κ3) is 2.46. The molecule has 0 spiro atoms. The van der Waals surface area contributed by atoms with Gasteiger partial charge in [0.2, 0.25) is 0 Å². The number of carboxylic acids is 1. The van der Waals surface area contributed by atoms with Gasteiger partial charge >= 0.3 is 5.97 Å². The molecule has 3 heteroatoms. The van der Waals surface area contributed by atoms with E-state index >= 15 is 0 Å². The van der Waals surface area contributed by atoms with Crippen molar-refractivity contribution in [3.63, 3.8) is 0 Å². The van der Waals surface area contributed by atoms with Gasteiger partial charge in [-0.3, -0.25) is 4.79 Å². The fourth-order valence-corrected chi connectivity index (χ4v) is 0.279. The highest BCUT2D eigenvalue weighted by Gasteiger charge is 2.17. The van der Waals surface area contributed by atoms with E-state index in [9.17, 15) is 4.79 Å². The molecule has 0 heterocycles. The van der Waals surface area contributed by atoms with Crippen molar-refractivity contribution >= 4 is 5.97 Å². The first-order valence-electron chi connectivity index (χ1n) is 5.30. The molecule has 3 nitrogen and oxygen atoms in total. The normalized spacial score (nSPS) is 35.4.